The van der Waals surface area contributed by atoms with Crippen LogP contribution in [-0.2, 0) is 0 Å². The van der Waals surface area contributed by atoms with Crippen LogP contribution >= 0.6 is 27.5 Å². The molecule has 5 heteroatoms. The van der Waals surface area contributed by atoms with Crippen molar-refractivity contribution in [2.24, 2.45) is 0 Å². The van der Waals surface area contributed by atoms with E-state index in [4.69, 9.17) is 11.6 Å². The van der Waals surface area contributed by atoms with E-state index in [0.717, 1.165) is 6.07 Å². The van der Waals surface area contributed by atoms with Gasteiger partial charge in [-0.05, 0) is 28.1 Å². The molecule has 0 aliphatic heterocycles. The number of pyridine rings is 1. The molecule has 0 fully saturated rings. The van der Waals surface area contributed by atoms with E-state index in [1.54, 1.807) is 0 Å². The molecule has 0 amide bonds. The summed E-state index contributed by atoms with van der Waals surface area (Å²) in [6.45, 7) is 0. The van der Waals surface area contributed by atoms with Gasteiger partial charge in [-0.2, -0.15) is 0 Å². The third-order valence-electron chi connectivity index (χ3n) is 1.20. The van der Waals surface area contributed by atoms with E-state index >= 15 is 0 Å². The van der Waals surface area contributed by atoms with Gasteiger partial charge in [-0.15, -0.1) is 11.6 Å². The minimum Gasteiger partial charge on any atom is -0.291 e. The smallest absolute Gasteiger partial charge is 0.198 e. The average molecular weight is 252 g/mol. The molecule has 1 aromatic heterocycles. The van der Waals surface area contributed by atoms with Gasteiger partial charge in [0.25, 0.3) is 0 Å². The van der Waals surface area contributed by atoms with Gasteiger partial charge in [-0.25, -0.2) is 9.37 Å². The van der Waals surface area contributed by atoms with Gasteiger partial charge in [0.05, 0.1) is 5.88 Å². The normalized spacial score (nSPS) is 9.92. The number of aromatic nitrogens is 1. The van der Waals surface area contributed by atoms with Crippen LogP contribution in [0.25, 0.3) is 0 Å². The third-order valence-corrected chi connectivity index (χ3v) is 1.88. The molecule has 0 N–H and O–H groups in total. The van der Waals surface area contributed by atoms with E-state index in [0.29, 0.717) is 4.60 Å². The Morgan fingerprint density at radius 2 is 2.33 bits per heavy atom. The molecular weight excluding hydrogens is 248 g/mol. The summed E-state index contributed by atoms with van der Waals surface area (Å²) in [5, 5.41) is 0. The van der Waals surface area contributed by atoms with Crippen LogP contribution in [0.1, 0.15) is 10.5 Å². The Labute approximate surface area is 81.9 Å². The number of halogens is 3. The Hall–Kier alpha value is -0.480. The number of nitrogens with zero attached hydrogens (tertiary/aromatic N) is 1. The average Bonchev–Trinajstić information content (AvgIpc) is 2.08. The summed E-state index contributed by atoms with van der Waals surface area (Å²) in [4.78, 5) is 14.6. The molecule has 0 aliphatic rings. The zero-order valence-electron chi connectivity index (χ0n) is 5.85. The highest BCUT2D eigenvalue weighted by Crippen LogP contribution is 2.11. The summed E-state index contributed by atoms with van der Waals surface area (Å²) in [6.07, 6.45) is 0. The van der Waals surface area contributed by atoms with E-state index < -0.39 is 11.6 Å². The van der Waals surface area contributed by atoms with Gasteiger partial charge in [0.15, 0.2) is 11.6 Å². The lowest BCUT2D eigenvalue weighted by molar-refractivity contribution is 0.101. The van der Waals surface area contributed by atoms with Crippen molar-refractivity contribution in [1.29, 1.82) is 0 Å². The number of Topliss-reactive ketones (excluding diaryl/α,β-unsaturated/α-hetero) is 1. The fraction of sp³-hybridized carbons (Fsp3) is 0.143. The van der Waals surface area contributed by atoms with Crippen LogP contribution in [-0.4, -0.2) is 16.6 Å². The van der Waals surface area contributed by atoms with Crippen molar-refractivity contribution >= 4 is 33.3 Å². The predicted octanol–water partition coefficient (Wildman–Crippen LogP) is 2.40. The zero-order valence-corrected chi connectivity index (χ0v) is 8.19. The van der Waals surface area contributed by atoms with Crippen LogP contribution < -0.4 is 0 Å². The van der Waals surface area contributed by atoms with Gasteiger partial charge in [0, 0.05) is 0 Å². The number of carbonyl (C=O) groups is 1. The second kappa shape index (κ2) is 3.96. The lowest BCUT2D eigenvalue weighted by Gasteiger charge is -1.98. The van der Waals surface area contributed by atoms with Crippen molar-refractivity contribution in [3.8, 4) is 0 Å². The highest BCUT2D eigenvalue weighted by atomic mass is 79.9. The number of carbonyl (C=O) groups excluding carboxylic acids is 1. The lowest BCUT2D eigenvalue weighted by atomic mass is 10.2. The third kappa shape index (κ3) is 2.01. The molecule has 0 radical (unpaired) electrons. The molecule has 12 heavy (non-hydrogen) atoms. The van der Waals surface area contributed by atoms with Crippen LogP contribution in [0.5, 0.6) is 0 Å². The number of ketones is 1. The Bertz CT molecular complexity index is 318. The fourth-order valence-corrected chi connectivity index (χ4v) is 1.11. The fourth-order valence-electron chi connectivity index (χ4n) is 0.677. The summed E-state index contributed by atoms with van der Waals surface area (Å²) in [7, 11) is 0. The van der Waals surface area contributed by atoms with Gasteiger partial charge in [-0.1, -0.05) is 0 Å². The van der Waals surface area contributed by atoms with Crippen molar-refractivity contribution in [3.05, 3.63) is 28.2 Å². The van der Waals surface area contributed by atoms with Crippen LogP contribution in [0.4, 0.5) is 4.39 Å². The molecule has 0 aliphatic carbocycles. The molecule has 1 aromatic rings. The van der Waals surface area contributed by atoms with Gasteiger partial charge in [-0.3, -0.25) is 4.79 Å². The van der Waals surface area contributed by atoms with Crippen molar-refractivity contribution < 1.29 is 9.18 Å². The van der Waals surface area contributed by atoms with E-state index in [2.05, 4.69) is 20.9 Å². The van der Waals surface area contributed by atoms with Crippen molar-refractivity contribution in [3.63, 3.8) is 0 Å². The summed E-state index contributed by atoms with van der Waals surface area (Å²) >= 11 is 8.26. The Kier molecular flexibility index (Phi) is 3.17. The first kappa shape index (κ1) is 9.61. The second-order valence-corrected chi connectivity index (χ2v) is 3.10. The van der Waals surface area contributed by atoms with Gasteiger partial charge >= 0.3 is 0 Å². The Balaban J connectivity index is 3.13. The molecule has 0 unspecified atom stereocenters. The molecule has 0 spiro atoms. The molecule has 1 rings (SSSR count). The van der Waals surface area contributed by atoms with Gasteiger partial charge in [0.1, 0.15) is 10.3 Å². The monoisotopic (exact) mass is 251 g/mol. The highest BCUT2D eigenvalue weighted by molar-refractivity contribution is 9.10. The maximum absolute atomic E-state index is 12.8. The second-order valence-electron chi connectivity index (χ2n) is 2.02. The first-order chi connectivity index (χ1) is 5.65. The first-order valence-electron chi connectivity index (χ1n) is 3.06. The number of rotatable bonds is 2. The largest absolute Gasteiger partial charge is 0.291 e. The van der Waals surface area contributed by atoms with E-state index in [1.165, 1.54) is 6.07 Å². The Morgan fingerprint density at radius 1 is 1.67 bits per heavy atom. The predicted molar refractivity (Wildman–Crippen MR) is 46.9 cm³/mol. The Morgan fingerprint density at radius 3 is 2.92 bits per heavy atom. The minimum atomic E-state index is -0.649. The zero-order chi connectivity index (χ0) is 9.14. The van der Waals surface area contributed by atoms with Gasteiger partial charge < -0.3 is 0 Å². The molecule has 0 bridgehead atoms. The van der Waals surface area contributed by atoms with Crippen molar-refractivity contribution in [2.75, 3.05) is 5.88 Å². The van der Waals surface area contributed by atoms with E-state index in [-0.39, 0.29) is 11.6 Å². The summed E-state index contributed by atoms with van der Waals surface area (Å²) < 4.78 is 13.3. The topological polar surface area (TPSA) is 30.0 Å². The summed E-state index contributed by atoms with van der Waals surface area (Å²) in [5.41, 5.74) is -0.223. The molecule has 64 valence electrons. The van der Waals surface area contributed by atoms with Gasteiger partial charge in [0.2, 0.25) is 0 Å². The molecular formula is C7H4BrClFNO. The lowest BCUT2D eigenvalue weighted by Crippen LogP contribution is -2.06. The maximum Gasteiger partial charge on any atom is 0.198 e. The number of alkyl halides is 1. The molecule has 0 saturated heterocycles. The quantitative estimate of drug-likeness (QED) is 0.460. The standard InChI is InChI=1S/C7H4BrClFNO/c8-6-2-1-4(10)7(11-6)5(12)3-9/h1-2H,3H2. The molecule has 2 nitrogen and oxygen atoms in total. The minimum absolute atomic E-state index is 0.223. The van der Waals surface area contributed by atoms with Crippen molar-refractivity contribution in [1.82, 2.24) is 4.98 Å². The molecule has 0 atom stereocenters. The first-order valence-corrected chi connectivity index (χ1v) is 4.39. The van der Waals surface area contributed by atoms with Crippen LogP contribution in [0.3, 0.4) is 0 Å². The van der Waals surface area contributed by atoms with E-state index in [1.807, 2.05) is 0 Å². The molecule has 1 heterocycles. The van der Waals surface area contributed by atoms with Crippen molar-refractivity contribution in [2.45, 2.75) is 0 Å². The maximum atomic E-state index is 12.8. The highest BCUT2D eigenvalue weighted by Gasteiger charge is 2.12. The number of hydrogen-bond donors (Lipinski definition) is 0. The van der Waals surface area contributed by atoms with E-state index in [9.17, 15) is 9.18 Å². The SMILES string of the molecule is O=C(CCl)c1nc(Br)ccc1F. The van der Waals surface area contributed by atoms with Crippen LogP contribution in [0.15, 0.2) is 16.7 Å². The van der Waals surface area contributed by atoms with Crippen LogP contribution in [0.2, 0.25) is 0 Å². The molecule has 0 saturated carbocycles. The number of hydrogen-bond acceptors (Lipinski definition) is 2. The summed E-state index contributed by atoms with van der Waals surface area (Å²) in [6, 6.07) is 2.58. The molecule has 0 aromatic carbocycles. The summed E-state index contributed by atoms with van der Waals surface area (Å²) in [5.74, 6) is -1.43. The van der Waals surface area contributed by atoms with Crippen LogP contribution in [0, 0.1) is 5.82 Å².